The molecule has 0 spiro atoms. The molecule has 0 saturated heterocycles. The Balaban J connectivity index is 1.60. The van der Waals surface area contributed by atoms with Crippen LogP contribution < -0.4 is 0 Å². The molecule has 0 N–H and O–H groups in total. The fourth-order valence-corrected chi connectivity index (χ4v) is 28.9. The average molecular weight is 959 g/mol. The van der Waals surface area contributed by atoms with E-state index in [0.29, 0.717) is 14.3 Å². The van der Waals surface area contributed by atoms with Gasteiger partial charge in [0.05, 0.1) is 0 Å². The summed E-state index contributed by atoms with van der Waals surface area (Å²) >= 11 is -6.34. The summed E-state index contributed by atoms with van der Waals surface area (Å²) < 4.78 is 83.9. The van der Waals surface area contributed by atoms with Crippen LogP contribution in [0.25, 0.3) is 33.4 Å². The molecular formula is C53H46Cl2F6Zr. The summed E-state index contributed by atoms with van der Waals surface area (Å²) in [5.74, 6) is 0. The van der Waals surface area contributed by atoms with E-state index in [1.165, 1.54) is 24.3 Å². The van der Waals surface area contributed by atoms with Crippen LogP contribution in [-0.2, 0) is 39.1 Å². The summed E-state index contributed by atoms with van der Waals surface area (Å²) in [6.07, 6.45) is -1.64. The molecule has 6 aromatic rings. The first kappa shape index (κ1) is 44.3. The first-order valence-corrected chi connectivity index (χ1v) is 31.0. The Bertz CT molecular complexity index is 2630. The molecule has 0 nitrogen and oxygen atoms in total. The molecular weight excluding hydrogens is 913 g/mol. The predicted octanol–water partition coefficient (Wildman–Crippen LogP) is 16.9. The molecule has 0 aromatic heterocycles. The van der Waals surface area contributed by atoms with E-state index in [-0.39, 0.29) is 10.8 Å². The van der Waals surface area contributed by atoms with Crippen molar-refractivity contribution in [1.29, 1.82) is 0 Å². The average Bonchev–Trinajstić information content (AvgIpc) is 3.88. The van der Waals surface area contributed by atoms with Gasteiger partial charge in [-0.3, -0.25) is 0 Å². The zero-order valence-electron chi connectivity index (χ0n) is 35.2. The van der Waals surface area contributed by atoms with Crippen molar-refractivity contribution < 1.29 is 42.3 Å². The van der Waals surface area contributed by atoms with Crippen molar-refractivity contribution in [2.75, 3.05) is 0 Å². The number of hydrogen-bond acceptors (Lipinski definition) is 0. The molecule has 318 valence electrons. The van der Waals surface area contributed by atoms with Gasteiger partial charge >= 0.3 is 370 Å². The molecule has 0 radical (unpaired) electrons. The second-order valence-corrected chi connectivity index (χ2v) is 39.3. The molecule has 2 aliphatic rings. The van der Waals surface area contributed by atoms with Crippen molar-refractivity contribution in [1.82, 2.24) is 0 Å². The van der Waals surface area contributed by atoms with E-state index in [1.807, 2.05) is 60.7 Å². The molecule has 0 unspecified atom stereocenters. The van der Waals surface area contributed by atoms with E-state index >= 15 is 0 Å². The van der Waals surface area contributed by atoms with Crippen molar-refractivity contribution in [3.63, 3.8) is 0 Å². The minimum atomic E-state index is -6.34. The number of fused-ring (bicyclic) bond motifs is 3. The molecule has 0 heterocycles. The van der Waals surface area contributed by atoms with Gasteiger partial charge in [-0.25, -0.2) is 0 Å². The Kier molecular flexibility index (Phi) is 11.1. The summed E-state index contributed by atoms with van der Waals surface area (Å²) in [6.45, 7) is 13.1. The van der Waals surface area contributed by atoms with Gasteiger partial charge in [-0.05, 0) is 0 Å². The van der Waals surface area contributed by atoms with Gasteiger partial charge in [0.2, 0.25) is 0 Å². The minimum absolute atomic E-state index is 0.316. The van der Waals surface area contributed by atoms with Crippen LogP contribution in [0.2, 0.25) is 3.63 Å². The molecule has 8 rings (SSSR count). The van der Waals surface area contributed by atoms with Crippen LogP contribution >= 0.6 is 17.0 Å². The van der Waals surface area contributed by atoms with Gasteiger partial charge in [-0.2, -0.15) is 0 Å². The van der Waals surface area contributed by atoms with E-state index in [4.69, 9.17) is 17.0 Å². The van der Waals surface area contributed by atoms with E-state index < -0.39 is 46.6 Å². The van der Waals surface area contributed by atoms with Crippen LogP contribution in [0.5, 0.6) is 0 Å². The van der Waals surface area contributed by atoms with Gasteiger partial charge in [0.1, 0.15) is 0 Å². The van der Waals surface area contributed by atoms with Crippen LogP contribution in [0.4, 0.5) is 26.3 Å². The number of rotatable bonds is 6. The number of alkyl halides is 6. The molecule has 2 aliphatic carbocycles. The third kappa shape index (κ3) is 7.75. The first-order chi connectivity index (χ1) is 29.0. The number of allylic oxidation sites excluding steroid dienone is 4. The second kappa shape index (κ2) is 15.5. The fraction of sp³-hybridized carbons (Fsp3) is 0.226. The zero-order valence-corrected chi connectivity index (χ0v) is 39.2. The van der Waals surface area contributed by atoms with Gasteiger partial charge in [0.25, 0.3) is 0 Å². The fourth-order valence-electron chi connectivity index (χ4n) is 9.53. The Hall–Kier alpha value is -4.29. The molecule has 0 amide bonds. The van der Waals surface area contributed by atoms with E-state index in [2.05, 4.69) is 90.1 Å². The molecule has 0 fully saturated rings. The molecule has 0 bridgehead atoms. The summed E-state index contributed by atoms with van der Waals surface area (Å²) in [4.78, 5) is 0. The summed E-state index contributed by atoms with van der Waals surface area (Å²) in [5, 5.41) is 0. The number of halogens is 8. The van der Waals surface area contributed by atoms with Gasteiger partial charge in [0.15, 0.2) is 0 Å². The number of hydrogen-bond donors (Lipinski definition) is 0. The Morgan fingerprint density at radius 1 is 0.468 bits per heavy atom. The Morgan fingerprint density at radius 3 is 1.15 bits per heavy atom. The van der Waals surface area contributed by atoms with Crippen molar-refractivity contribution in [2.45, 2.75) is 72.0 Å². The third-order valence-corrected chi connectivity index (χ3v) is 32.1. The summed E-state index contributed by atoms with van der Waals surface area (Å²) in [5.41, 5.74) is 8.09. The summed E-state index contributed by atoms with van der Waals surface area (Å²) in [6, 6.07) is 38.5. The maximum atomic E-state index is 14.1. The Labute approximate surface area is 367 Å². The van der Waals surface area contributed by atoms with Crippen LogP contribution in [0, 0.1) is 0 Å². The van der Waals surface area contributed by atoms with E-state index in [1.54, 1.807) is 0 Å². The standard InChI is InChI=1S/C33H33.C15H8F6.C5H5.2ClH.Zr/c1-32(2,3)30-20-26-24(18-28(30)22-13-9-7-10-14-22)17-25-19-29(23-15-11-8-12-16-23)31(21-27(25)26)33(4,5)6;16-14(17,18)12-5-1-10(2-6-12)9-11-3-7-13(8-4-11)15(19,20)21;1-2-4-5-3-1;;;/h7-21H,1-6H3;1-8H;1-5H;2*1H;/q;;;;;+2/p-2. The molecule has 0 aliphatic heterocycles. The molecule has 62 heavy (non-hydrogen) atoms. The van der Waals surface area contributed by atoms with Crippen molar-refractivity contribution >= 4 is 20.2 Å². The molecule has 6 aromatic carbocycles. The van der Waals surface area contributed by atoms with Gasteiger partial charge in [-0.15, -0.1) is 0 Å². The summed E-state index contributed by atoms with van der Waals surface area (Å²) in [7, 11) is 17.6. The van der Waals surface area contributed by atoms with Crippen LogP contribution in [-0.4, -0.2) is 3.21 Å². The molecule has 0 atom stereocenters. The zero-order chi connectivity index (χ0) is 44.6. The van der Waals surface area contributed by atoms with Gasteiger partial charge in [0, 0.05) is 0 Å². The van der Waals surface area contributed by atoms with Gasteiger partial charge in [-0.1, -0.05) is 0 Å². The SMILES string of the molecule is CC(C)(C)c1cc2c(cc1-c1ccccc1)[CH]([Zr]([Cl])([Cl])(=[C](c1ccc(C(F)(F)F)cc1)c1ccc(C(F)(F)F)cc1)[CH]1C=CC=C1)c1cc(-c3ccccc3)c(C(C)(C)C)cc1-2. The van der Waals surface area contributed by atoms with Crippen molar-refractivity contribution in [3.05, 3.63) is 202 Å². The van der Waals surface area contributed by atoms with Gasteiger partial charge < -0.3 is 0 Å². The first-order valence-electron chi connectivity index (χ1n) is 20.6. The second-order valence-electron chi connectivity index (χ2n) is 18.6. The van der Waals surface area contributed by atoms with Crippen LogP contribution in [0.3, 0.4) is 0 Å². The Morgan fingerprint density at radius 2 is 0.823 bits per heavy atom. The topological polar surface area (TPSA) is 0 Å². The van der Waals surface area contributed by atoms with Crippen molar-refractivity contribution in [2.24, 2.45) is 0 Å². The quantitative estimate of drug-likeness (QED) is 0.146. The normalized spacial score (nSPS) is 15.0. The maximum absolute atomic E-state index is 14.1. The monoisotopic (exact) mass is 956 g/mol. The van der Waals surface area contributed by atoms with Crippen LogP contribution in [0.1, 0.15) is 89.7 Å². The predicted molar refractivity (Wildman–Crippen MR) is 242 cm³/mol. The number of benzene rings is 6. The van der Waals surface area contributed by atoms with E-state index in [0.717, 1.165) is 79.9 Å². The third-order valence-electron chi connectivity index (χ3n) is 12.4. The van der Waals surface area contributed by atoms with Crippen LogP contribution in [0.15, 0.2) is 158 Å². The van der Waals surface area contributed by atoms with Crippen molar-refractivity contribution in [3.8, 4) is 33.4 Å². The molecule has 0 saturated carbocycles. The molecule has 9 heteroatoms. The van der Waals surface area contributed by atoms with E-state index in [9.17, 15) is 26.3 Å².